The number of methoxy groups -OCH3 is 2. The average Bonchev–Trinajstić information content (AvgIpc) is 2.66. The van der Waals surface area contributed by atoms with E-state index in [4.69, 9.17) is 4.74 Å². The van der Waals surface area contributed by atoms with Gasteiger partial charge < -0.3 is 14.8 Å². The van der Waals surface area contributed by atoms with Crippen LogP contribution in [-0.2, 0) is 19.6 Å². The van der Waals surface area contributed by atoms with Gasteiger partial charge in [0.25, 0.3) is 10.0 Å². The minimum Gasteiger partial charge on any atom is -0.495 e. The number of nitrogens with one attached hydrogen (secondary N) is 2. The summed E-state index contributed by atoms with van der Waals surface area (Å²) in [4.78, 5) is 23.8. The van der Waals surface area contributed by atoms with Crippen LogP contribution >= 0.6 is 11.8 Å². The van der Waals surface area contributed by atoms with Gasteiger partial charge in [-0.3, -0.25) is 9.52 Å². The van der Waals surface area contributed by atoms with Gasteiger partial charge in [0.2, 0.25) is 5.91 Å². The zero-order valence-corrected chi connectivity index (χ0v) is 17.4. The van der Waals surface area contributed by atoms with Gasteiger partial charge in [-0.25, -0.2) is 13.2 Å². The molecule has 0 fully saturated rings. The van der Waals surface area contributed by atoms with E-state index >= 15 is 0 Å². The quantitative estimate of drug-likeness (QED) is 0.519. The molecule has 0 aliphatic rings. The summed E-state index contributed by atoms with van der Waals surface area (Å²) in [5, 5.41) is 2.62. The zero-order valence-electron chi connectivity index (χ0n) is 15.7. The second-order valence-electron chi connectivity index (χ2n) is 5.56. The monoisotopic (exact) mass is 424 g/mol. The normalized spacial score (nSPS) is 10.9. The van der Waals surface area contributed by atoms with Crippen LogP contribution in [0.4, 0.5) is 11.4 Å². The lowest BCUT2D eigenvalue weighted by Gasteiger charge is -2.15. The predicted molar refractivity (Wildman–Crippen MR) is 108 cm³/mol. The molecule has 150 valence electrons. The molecule has 2 aromatic rings. The van der Waals surface area contributed by atoms with E-state index in [2.05, 4.69) is 14.8 Å². The fourth-order valence-electron chi connectivity index (χ4n) is 2.38. The Hall–Kier alpha value is -2.72. The summed E-state index contributed by atoms with van der Waals surface area (Å²) in [5.41, 5.74) is 0.635. The minimum absolute atomic E-state index is 0.0559. The molecule has 8 nitrogen and oxygen atoms in total. The van der Waals surface area contributed by atoms with Crippen LogP contribution in [0, 0.1) is 0 Å². The molecule has 0 spiro atoms. The van der Waals surface area contributed by atoms with Crippen LogP contribution in [0.25, 0.3) is 0 Å². The van der Waals surface area contributed by atoms with Gasteiger partial charge >= 0.3 is 5.97 Å². The molecule has 2 rings (SSSR count). The molecule has 0 saturated carbocycles. The zero-order chi connectivity index (χ0) is 20.9. The smallest absolute Gasteiger partial charge is 0.337 e. The fraction of sp³-hybridized carbons (Fsp3) is 0.222. The number of carbonyl (C=O) groups is 2. The van der Waals surface area contributed by atoms with Crippen LogP contribution in [0.15, 0.2) is 46.2 Å². The summed E-state index contributed by atoms with van der Waals surface area (Å²) >= 11 is 1.37. The first-order chi connectivity index (χ1) is 13.2. The third-order valence-corrected chi connectivity index (χ3v) is 5.82. The number of rotatable bonds is 7. The van der Waals surface area contributed by atoms with E-state index in [-0.39, 0.29) is 27.8 Å². The highest BCUT2D eigenvalue weighted by molar-refractivity contribution is 7.98. The van der Waals surface area contributed by atoms with Crippen LogP contribution in [-0.4, -0.2) is 40.8 Å². The van der Waals surface area contributed by atoms with Crippen LogP contribution in [0.1, 0.15) is 17.3 Å². The van der Waals surface area contributed by atoms with Gasteiger partial charge in [0.1, 0.15) is 5.75 Å². The Bertz CT molecular complexity index is 1010. The molecule has 2 aromatic carbocycles. The van der Waals surface area contributed by atoms with Gasteiger partial charge in [-0.15, -0.1) is 11.8 Å². The number of anilines is 2. The Morgan fingerprint density at radius 1 is 1.04 bits per heavy atom. The molecule has 0 aliphatic heterocycles. The minimum atomic E-state index is -4.02. The van der Waals surface area contributed by atoms with Crippen LogP contribution in [0.3, 0.4) is 0 Å². The molecule has 0 aromatic heterocycles. The van der Waals surface area contributed by atoms with Gasteiger partial charge in [-0.05, 0) is 42.7 Å². The number of benzene rings is 2. The van der Waals surface area contributed by atoms with Crippen molar-refractivity contribution < 1.29 is 27.5 Å². The summed E-state index contributed by atoms with van der Waals surface area (Å²) in [6.45, 7) is 1.34. The SMILES string of the molecule is COC(=O)c1ccc(OC)c(NS(=O)(=O)c2ccc(SC)c(NC(C)=O)c2)c1. The first kappa shape index (κ1) is 21.6. The first-order valence-corrected chi connectivity index (χ1v) is 10.7. The van der Waals surface area contributed by atoms with Crippen molar-refractivity contribution in [1.82, 2.24) is 0 Å². The Labute approximate surface area is 167 Å². The van der Waals surface area contributed by atoms with Crippen LogP contribution in [0.2, 0.25) is 0 Å². The van der Waals surface area contributed by atoms with Crippen molar-refractivity contribution in [2.45, 2.75) is 16.7 Å². The highest BCUT2D eigenvalue weighted by Crippen LogP contribution is 2.31. The maximum Gasteiger partial charge on any atom is 0.337 e. The molecule has 10 heteroatoms. The lowest BCUT2D eigenvalue weighted by atomic mass is 10.2. The summed E-state index contributed by atoms with van der Waals surface area (Å²) in [6, 6.07) is 8.65. The maximum atomic E-state index is 12.9. The van der Waals surface area contributed by atoms with Gasteiger partial charge in [0.15, 0.2) is 0 Å². The van der Waals surface area contributed by atoms with Crippen molar-refractivity contribution in [2.24, 2.45) is 0 Å². The van der Waals surface area contributed by atoms with Gasteiger partial charge in [-0.2, -0.15) is 0 Å². The van der Waals surface area contributed by atoms with Crippen molar-refractivity contribution >= 4 is 45.0 Å². The van der Waals surface area contributed by atoms with Crippen molar-refractivity contribution in [3.63, 3.8) is 0 Å². The molecule has 0 unspecified atom stereocenters. The Kier molecular flexibility index (Phi) is 6.92. The van der Waals surface area contributed by atoms with Crippen molar-refractivity contribution in [3.8, 4) is 5.75 Å². The Balaban J connectivity index is 2.46. The third kappa shape index (κ3) is 4.96. The topological polar surface area (TPSA) is 111 Å². The summed E-state index contributed by atoms with van der Waals surface area (Å²) < 4.78 is 38.0. The van der Waals surface area contributed by atoms with E-state index in [0.717, 1.165) is 4.90 Å². The molecule has 1 amide bonds. The van der Waals surface area contributed by atoms with Gasteiger partial charge in [0.05, 0.1) is 36.1 Å². The van der Waals surface area contributed by atoms with Crippen LogP contribution < -0.4 is 14.8 Å². The average molecular weight is 425 g/mol. The number of ether oxygens (including phenoxy) is 2. The lowest BCUT2D eigenvalue weighted by Crippen LogP contribution is -2.15. The molecule has 0 bridgehead atoms. The molecule has 0 atom stereocenters. The fourth-order valence-corrected chi connectivity index (χ4v) is 4.00. The molecule has 0 saturated heterocycles. The van der Waals surface area contributed by atoms with E-state index in [9.17, 15) is 18.0 Å². The summed E-state index contributed by atoms with van der Waals surface area (Å²) in [6.07, 6.45) is 1.82. The van der Waals surface area contributed by atoms with E-state index in [1.54, 1.807) is 6.07 Å². The van der Waals surface area contributed by atoms with Crippen LogP contribution in [0.5, 0.6) is 5.75 Å². The number of sulfonamides is 1. The standard InChI is InChI=1S/C18H20N2O6S2/c1-11(21)19-15-10-13(6-8-17(15)27-4)28(23,24)20-14-9-12(18(22)26-3)5-7-16(14)25-2/h5-10,20H,1-4H3,(H,19,21). The summed E-state index contributed by atoms with van der Waals surface area (Å²) in [5.74, 6) is -0.690. The molecule has 0 heterocycles. The maximum absolute atomic E-state index is 12.9. The van der Waals surface area contributed by atoms with Gasteiger partial charge in [-0.1, -0.05) is 0 Å². The number of esters is 1. The molecular weight excluding hydrogens is 404 g/mol. The Morgan fingerprint density at radius 2 is 1.75 bits per heavy atom. The molecular formula is C18H20N2O6S2. The highest BCUT2D eigenvalue weighted by Gasteiger charge is 2.20. The van der Waals surface area contributed by atoms with E-state index in [1.807, 2.05) is 6.26 Å². The number of hydrogen-bond acceptors (Lipinski definition) is 7. The van der Waals surface area contributed by atoms with E-state index in [1.165, 1.54) is 63.2 Å². The number of amides is 1. The van der Waals surface area contributed by atoms with Gasteiger partial charge in [0, 0.05) is 11.8 Å². The molecule has 0 radical (unpaired) electrons. The van der Waals surface area contributed by atoms with Crippen molar-refractivity contribution in [3.05, 3.63) is 42.0 Å². The second-order valence-corrected chi connectivity index (χ2v) is 8.09. The van der Waals surface area contributed by atoms with Crippen molar-refractivity contribution in [2.75, 3.05) is 30.5 Å². The predicted octanol–water partition coefficient (Wildman–Crippen LogP) is 2.96. The number of thioether (sulfide) groups is 1. The second kappa shape index (κ2) is 8.98. The van der Waals surface area contributed by atoms with E-state index in [0.29, 0.717) is 5.69 Å². The van der Waals surface area contributed by atoms with E-state index < -0.39 is 16.0 Å². The third-order valence-electron chi connectivity index (χ3n) is 3.66. The highest BCUT2D eigenvalue weighted by atomic mass is 32.2. The molecule has 2 N–H and O–H groups in total. The lowest BCUT2D eigenvalue weighted by molar-refractivity contribution is -0.114. The van der Waals surface area contributed by atoms with Crippen molar-refractivity contribution in [1.29, 1.82) is 0 Å². The molecule has 0 aliphatic carbocycles. The number of hydrogen-bond donors (Lipinski definition) is 2. The largest absolute Gasteiger partial charge is 0.495 e. The Morgan fingerprint density at radius 3 is 2.32 bits per heavy atom. The molecule has 28 heavy (non-hydrogen) atoms. The first-order valence-electron chi connectivity index (χ1n) is 7.96. The number of carbonyl (C=O) groups excluding carboxylic acids is 2. The summed E-state index contributed by atoms with van der Waals surface area (Å²) in [7, 11) is -1.41.